The van der Waals surface area contributed by atoms with E-state index in [-0.39, 0.29) is 5.82 Å². The van der Waals surface area contributed by atoms with Gasteiger partial charge in [-0.25, -0.2) is 4.39 Å². The van der Waals surface area contributed by atoms with Gasteiger partial charge in [-0.15, -0.1) is 0 Å². The lowest BCUT2D eigenvalue weighted by molar-refractivity contribution is 0.629. The topological polar surface area (TPSA) is 24.9 Å². The Kier molecular flexibility index (Phi) is 3.05. The summed E-state index contributed by atoms with van der Waals surface area (Å²) in [5.74, 6) is -0.292. The van der Waals surface area contributed by atoms with Crippen molar-refractivity contribution in [3.8, 4) is 0 Å². The molecule has 2 aromatic carbocycles. The number of hydrogen-bond acceptors (Lipinski definition) is 2. The van der Waals surface area contributed by atoms with Gasteiger partial charge in [0.15, 0.2) is 0 Å². The Bertz CT molecular complexity index is 743. The summed E-state index contributed by atoms with van der Waals surface area (Å²) in [5, 5.41) is 4.79. The molecule has 1 N–H and O–H groups in total. The molecule has 0 aliphatic heterocycles. The summed E-state index contributed by atoms with van der Waals surface area (Å²) in [7, 11) is 0. The van der Waals surface area contributed by atoms with Crippen LogP contribution in [0.2, 0.25) is 5.02 Å². The van der Waals surface area contributed by atoms with Crippen LogP contribution in [0.5, 0.6) is 0 Å². The number of nitrogens with one attached hydrogen (secondary N) is 1. The van der Waals surface area contributed by atoms with Crippen LogP contribution in [0, 0.1) is 5.82 Å². The standard InChI is InChI=1S/C15H10ClFN2/c16-10-2-1-3-12(8-10)19-14-6-7-18-15-9-11(17)4-5-13(14)15/h1-9H,(H,18,19). The number of fused-ring (bicyclic) bond motifs is 1. The van der Waals surface area contributed by atoms with Crippen molar-refractivity contribution in [2.24, 2.45) is 0 Å². The molecule has 0 radical (unpaired) electrons. The van der Waals surface area contributed by atoms with E-state index < -0.39 is 0 Å². The van der Waals surface area contributed by atoms with Crippen LogP contribution < -0.4 is 5.32 Å². The fourth-order valence-electron chi connectivity index (χ4n) is 1.95. The molecule has 0 amide bonds. The molecule has 0 saturated carbocycles. The molecule has 0 saturated heterocycles. The van der Waals surface area contributed by atoms with Gasteiger partial charge >= 0.3 is 0 Å². The second-order valence-electron chi connectivity index (χ2n) is 4.16. The van der Waals surface area contributed by atoms with Crippen LogP contribution in [0.25, 0.3) is 10.9 Å². The van der Waals surface area contributed by atoms with Gasteiger partial charge in [0, 0.05) is 34.0 Å². The molecule has 0 fully saturated rings. The van der Waals surface area contributed by atoms with Crippen LogP contribution in [0.15, 0.2) is 54.7 Å². The third kappa shape index (κ3) is 2.51. The quantitative estimate of drug-likeness (QED) is 0.727. The molecule has 0 aliphatic carbocycles. The smallest absolute Gasteiger partial charge is 0.125 e. The van der Waals surface area contributed by atoms with E-state index in [4.69, 9.17) is 11.6 Å². The van der Waals surface area contributed by atoms with Gasteiger partial charge in [-0.1, -0.05) is 17.7 Å². The van der Waals surface area contributed by atoms with Crippen molar-refractivity contribution in [1.29, 1.82) is 0 Å². The van der Waals surface area contributed by atoms with Gasteiger partial charge < -0.3 is 5.32 Å². The molecule has 1 heterocycles. The first-order valence-electron chi connectivity index (χ1n) is 5.79. The summed E-state index contributed by atoms with van der Waals surface area (Å²) in [6, 6.07) is 13.8. The highest BCUT2D eigenvalue weighted by atomic mass is 35.5. The number of aromatic nitrogens is 1. The number of benzene rings is 2. The van der Waals surface area contributed by atoms with Crippen LogP contribution in [0.4, 0.5) is 15.8 Å². The summed E-state index contributed by atoms with van der Waals surface area (Å²) in [4.78, 5) is 4.16. The molecule has 4 heteroatoms. The van der Waals surface area contributed by atoms with Crippen LogP contribution in [-0.4, -0.2) is 4.98 Å². The molecule has 0 spiro atoms. The maximum atomic E-state index is 13.2. The van der Waals surface area contributed by atoms with E-state index >= 15 is 0 Å². The van der Waals surface area contributed by atoms with Crippen molar-refractivity contribution in [2.75, 3.05) is 5.32 Å². The lowest BCUT2D eigenvalue weighted by Crippen LogP contribution is -1.92. The average molecular weight is 273 g/mol. The van der Waals surface area contributed by atoms with E-state index in [9.17, 15) is 4.39 Å². The van der Waals surface area contributed by atoms with E-state index in [1.54, 1.807) is 12.3 Å². The third-order valence-corrected chi connectivity index (χ3v) is 3.04. The number of rotatable bonds is 2. The Morgan fingerprint density at radius 2 is 1.95 bits per heavy atom. The van der Waals surface area contributed by atoms with Gasteiger partial charge in [-0.2, -0.15) is 0 Å². The van der Waals surface area contributed by atoms with Gasteiger partial charge in [0.05, 0.1) is 5.52 Å². The number of pyridine rings is 1. The molecule has 1 aromatic heterocycles. The van der Waals surface area contributed by atoms with Gasteiger partial charge in [0.1, 0.15) is 5.82 Å². The number of anilines is 2. The fourth-order valence-corrected chi connectivity index (χ4v) is 2.14. The largest absolute Gasteiger partial charge is 0.355 e. The summed E-state index contributed by atoms with van der Waals surface area (Å²) >= 11 is 5.95. The summed E-state index contributed by atoms with van der Waals surface area (Å²) in [5.41, 5.74) is 2.36. The minimum atomic E-state index is -0.292. The highest BCUT2D eigenvalue weighted by Gasteiger charge is 2.03. The van der Waals surface area contributed by atoms with Gasteiger partial charge in [0.2, 0.25) is 0 Å². The molecule has 3 aromatic rings. The molecule has 0 atom stereocenters. The van der Waals surface area contributed by atoms with E-state index in [2.05, 4.69) is 10.3 Å². The van der Waals surface area contributed by atoms with Crippen molar-refractivity contribution in [1.82, 2.24) is 4.98 Å². The third-order valence-electron chi connectivity index (χ3n) is 2.81. The summed E-state index contributed by atoms with van der Waals surface area (Å²) in [6.45, 7) is 0. The second-order valence-corrected chi connectivity index (χ2v) is 4.59. The molecular formula is C15H10ClFN2. The van der Waals surface area contributed by atoms with E-state index in [0.29, 0.717) is 10.5 Å². The van der Waals surface area contributed by atoms with Crippen LogP contribution in [0.1, 0.15) is 0 Å². The molecule has 2 nitrogen and oxygen atoms in total. The Balaban J connectivity index is 2.06. The second kappa shape index (κ2) is 4.86. The molecule has 3 rings (SSSR count). The Morgan fingerprint density at radius 1 is 1.05 bits per heavy atom. The fraction of sp³-hybridized carbons (Fsp3) is 0. The zero-order valence-corrected chi connectivity index (χ0v) is 10.7. The molecule has 0 unspecified atom stereocenters. The summed E-state index contributed by atoms with van der Waals surface area (Å²) in [6.07, 6.45) is 1.65. The van der Waals surface area contributed by atoms with Crippen molar-refractivity contribution in [3.05, 3.63) is 65.6 Å². The maximum Gasteiger partial charge on any atom is 0.125 e. The van der Waals surface area contributed by atoms with E-state index in [1.165, 1.54) is 12.1 Å². The molecule has 19 heavy (non-hydrogen) atoms. The summed E-state index contributed by atoms with van der Waals surface area (Å²) < 4.78 is 13.2. The number of halogens is 2. The van der Waals surface area contributed by atoms with Crippen molar-refractivity contribution >= 4 is 33.9 Å². The number of nitrogens with zero attached hydrogens (tertiary/aromatic N) is 1. The highest BCUT2D eigenvalue weighted by molar-refractivity contribution is 6.30. The first-order chi connectivity index (χ1) is 9.22. The normalized spacial score (nSPS) is 10.6. The zero-order chi connectivity index (χ0) is 13.2. The van der Waals surface area contributed by atoms with Crippen LogP contribution in [-0.2, 0) is 0 Å². The minimum Gasteiger partial charge on any atom is -0.355 e. The van der Waals surface area contributed by atoms with Gasteiger partial charge in [0.25, 0.3) is 0 Å². The van der Waals surface area contributed by atoms with Gasteiger partial charge in [-0.05, 0) is 36.4 Å². The first kappa shape index (κ1) is 11.9. The Hall–Kier alpha value is -2.13. The van der Waals surface area contributed by atoms with Crippen molar-refractivity contribution in [3.63, 3.8) is 0 Å². The Labute approximate surface area is 114 Å². The maximum absolute atomic E-state index is 13.2. The molecule has 0 aliphatic rings. The van der Waals surface area contributed by atoms with Crippen LogP contribution >= 0.6 is 11.6 Å². The molecular weight excluding hydrogens is 263 g/mol. The van der Waals surface area contributed by atoms with Crippen LogP contribution in [0.3, 0.4) is 0 Å². The van der Waals surface area contributed by atoms with E-state index in [0.717, 1.165) is 16.8 Å². The lowest BCUT2D eigenvalue weighted by Gasteiger charge is -2.09. The first-order valence-corrected chi connectivity index (χ1v) is 6.17. The van der Waals surface area contributed by atoms with Crippen molar-refractivity contribution < 1.29 is 4.39 Å². The zero-order valence-electron chi connectivity index (χ0n) is 9.90. The molecule has 0 bridgehead atoms. The monoisotopic (exact) mass is 272 g/mol. The average Bonchev–Trinajstić information content (AvgIpc) is 2.38. The van der Waals surface area contributed by atoms with Gasteiger partial charge in [-0.3, -0.25) is 4.98 Å². The predicted octanol–water partition coefficient (Wildman–Crippen LogP) is 4.77. The number of hydrogen-bond donors (Lipinski definition) is 1. The highest BCUT2D eigenvalue weighted by Crippen LogP contribution is 2.26. The van der Waals surface area contributed by atoms with Crippen molar-refractivity contribution in [2.45, 2.75) is 0 Å². The SMILES string of the molecule is Fc1ccc2c(Nc3cccc(Cl)c3)ccnc2c1. The minimum absolute atomic E-state index is 0.292. The Morgan fingerprint density at radius 3 is 2.79 bits per heavy atom. The predicted molar refractivity (Wildman–Crippen MR) is 76.4 cm³/mol. The van der Waals surface area contributed by atoms with E-state index in [1.807, 2.05) is 30.3 Å². The lowest BCUT2D eigenvalue weighted by atomic mass is 10.1. The molecule has 94 valence electrons.